The van der Waals surface area contributed by atoms with Crippen molar-refractivity contribution in [2.45, 2.75) is 19.4 Å². The van der Waals surface area contributed by atoms with Gasteiger partial charge in [0, 0.05) is 38.4 Å². The fraction of sp³-hybridized carbons (Fsp3) is 0.625. The highest BCUT2D eigenvalue weighted by Gasteiger charge is 2.18. The van der Waals surface area contributed by atoms with Crippen molar-refractivity contribution in [1.82, 2.24) is 9.80 Å². The summed E-state index contributed by atoms with van der Waals surface area (Å²) in [5.41, 5.74) is 2.97. The van der Waals surface area contributed by atoms with Crippen LogP contribution in [0, 0.1) is 0 Å². The molecule has 1 aromatic carbocycles. The summed E-state index contributed by atoms with van der Waals surface area (Å²) in [5, 5.41) is 0. The first-order valence-electron chi connectivity index (χ1n) is 7.57. The Kier molecular flexibility index (Phi) is 4.04. The van der Waals surface area contributed by atoms with Crippen LogP contribution in [0.3, 0.4) is 0 Å². The molecule has 3 rings (SSSR count). The Morgan fingerprint density at radius 1 is 0.895 bits per heavy atom. The lowest BCUT2D eigenvalue weighted by Crippen LogP contribution is -2.45. The summed E-state index contributed by atoms with van der Waals surface area (Å²) < 4.78 is 0. The zero-order chi connectivity index (χ0) is 13.1. The summed E-state index contributed by atoms with van der Waals surface area (Å²) in [4.78, 5) is 7.57. The predicted molar refractivity (Wildman–Crippen MR) is 80.7 cm³/mol. The fourth-order valence-electron chi connectivity index (χ4n) is 3.18. The van der Waals surface area contributed by atoms with Crippen molar-refractivity contribution < 1.29 is 0 Å². The average Bonchev–Trinajstić information content (AvgIpc) is 2.93. The number of para-hydroxylation sites is 1. The van der Waals surface area contributed by atoms with Gasteiger partial charge in [-0.25, -0.2) is 0 Å². The van der Waals surface area contributed by atoms with E-state index in [1.165, 1.54) is 50.3 Å². The molecule has 0 amide bonds. The van der Waals surface area contributed by atoms with Gasteiger partial charge in [0.15, 0.2) is 0 Å². The standard InChI is InChI=1S/C16H25N3/c1-17-10-12-19(13-11-17)16-7-3-2-6-15(16)14-18-8-4-5-9-18/h2-3,6-7H,4-5,8-14H2,1H3. The van der Waals surface area contributed by atoms with E-state index >= 15 is 0 Å². The maximum absolute atomic E-state index is 2.59. The molecule has 19 heavy (non-hydrogen) atoms. The van der Waals surface area contributed by atoms with E-state index < -0.39 is 0 Å². The number of hydrogen-bond donors (Lipinski definition) is 0. The molecule has 0 spiro atoms. The summed E-state index contributed by atoms with van der Waals surface area (Å²) in [5.74, 6) is 0. The normalized spacial score (nSPS) is 22.1. The van der Waals surface area contributed by atoms with Gasteiger partial charge in [-0.1, -0.05) is 18.2 Å². The maximum Gasteiger partial charge on any atom is 0.0412 e. The summed E-state index contributed by atoms with van der Waals surface area (Å²) in [7, 11) is 2.22. The van der Waals surface area contributed by atoms with Gasteiger partial charge >= 0.3 is 0 Å². The molecule has 0 radical (unpaired) electrons. The van der Waals surface area contributed by atoms with Gasteiger partial charge in [-0.3, -0.25) is 4.90 Å². The van der Waals surface area contributed by atoms with E-state index in [1.54, 1.807) is 0 Å². The van der Waals surface area contributed by atoms with Gasteiger partial charge in [-0.2, -0.15) is 0 Å². The van der Waals surface area contributed by atoms with Crippen molar-refractivity contribution in [3.8, 4) is 0 Å². The SMILES string of the molecule is CN1CCN(c2ccccc2CN2CCCC2)CC1. The number of rotatable bonds is 3. The molecule has 1 aromatic rings. The lowest BCUT2D eigenvalue weighted by Gasteiger charge is -2.35. The summed E-state index contributed by atoms with van der Waals surface area (Å²) in [6.45, 7) is 8.35. The van der Waals surface area contributed by atoms with Gasteiger partial charge in [0.1, 0.15) is 0 Å². The number of anilines is 1. The van der Waals surface area contributed by atoms with E-state index in [1.807, 2.05) is 0 Å². The van der Waals surface area contributed by atoms with Crippen LogP contribution >= 0.6 is 0 Å². The Labute approximate surface area is 116 Å². The van der Waals surface area contributed by atoms with Crippen molar-refractivity contribution in [2.75, 3.05) is 51.2 Å². The molecule has 3 heteroatoms. The lowest BCUT2D eigenvalue weighted by atomic mass is 10.1. The van der Waals surface area contributed by atoms with Gasteiger partial charge in [0.2, 0.25) is 0 Å². The van der Waals surface area contributed by atoms with Crippen LogP contribution in [0.1, 0.15) is 18.4 Å². The van der Waals surface area contributed by atoms with Crippen molar-refractivity contribution in [2.24, 2.45) is 0 Å². The molecule has 0 unspecified atom stereocenters. The third-order valence-electron chi connectivity index (χ3n) is 4.43. The highest BCUT2D eigenvalue weighted by molar-refractivity contribution is 5.54. The molecule has 0 aliphatic carbocycles. The minimum absolute atomic E-state index is 1.13. The minimum Gasteiger partial charge on any atom is -0.369 e. The highest BCUT2D eigenvalue weighted by atomic mass is 15.3. The van der Waals surface area contributed by atoms with E-state index in [-0.39, 0.29) is 0 Å². The second-order valence-electron chi connectivity index (χ2n) is 5.90. The fourth-order valence-corrected chi connectivity index (χ4v) is 3.18. The maximum atomic E-state index is 2.59. The predicted octanol–water partition coefficient (Wildman–Crippen LogP) is 2.03. The molecule has 0 bridgehead atoms. The van der Waals surface area contributed by atoms with Crippen molar-refractivity contribution >= 4 is 5.69 Å². The zero-order valence-electron chi connectivity index (χ0n) is 12.0. The van der Waals surface area contributed by atoms with Gasteiger partial charge in [-0.15, -0.1) is 0 Å². The second-order valence-corrected chi connectivity index (χ2v) is 5.90. The third kappa shape index (κ3) is 3.10. The number of benzene rings is 1. The van der Waals surface area contributed by atoms with Crippen LogP contribution in [0.15, 0.2) is 24.3 Å². The Bertz CT molecular complexity index is 404. The lowest BCUT2D eigenvalue weighted by molar-refractivity contribution is 0.310. The summed E-state index contributed by atoms with van der Waals surface area (Å²) in [6, 6.07) is 8.98. The average molecular weight is 259 g/mol. The molecular formula is C16H25N3. The van der Waals surface area contributed by atoms with Crippen LogP contribution in [0.4, 0.5) is 5.69 Å². The molecule has 0 N–H and O–H groups in total. The topological polar surface area (TPSA) is 9.72 Å². The molecule has 3 nitrogen and oxygen atoms in total. The first kappa shape index (κ1) is 12.9. The molecule has 0 atom stereocenters. The Balaban J connectivity index is 1.73. The number of likely N-dealkylation sites (tertiary alicyclic amines) is 1. The van der Waals surface area contributed by atoms with E-state index in [4.69, 9.17) is 0 Å². The van der Waals surface area contributed by atoms with Crippen LogP contribution in [0.5, 0.6) is 0 Å². The Hall–Kier alpha value is -1.06. The van der Waals surface area contributed by atoms with E-state index in [0.717, 1.165) is 19.6 Å². The van der Waals surface area contributed by atoms with Crippen molar-refractivity contribution in [3.05, 3.63) is 29.8 Å². The first-order valence-corrected chi connectivity index (χ1v) is 7.57. The Morgan fingerprint density at radius 3 is 2.32 bits per heavy atom. The van der Waals surface area contributed by atoms with Gasteiger partial charge < -0.3 is 9.80 Å². The molecule has 2 aliphatic heterocycles. The van der Waals surface area contributed by atoms with Gasteiger partial charge in [0.05, 0.1) is 0 Å². The molecular weight excluding hydrogens is 234 g/mol. The molecule has 104 valence electrons. The number of piperazine rings is 1. The number of likely N-dealkylation sites (N-methyl/N-ethyl adjacent to an activating group) is 1. The smallest absolute Gasteiger partial charge is 0.0412 e. The molecule has 2 saturated heterocycles. The van der Waals surface area contributed by atoms with Crippen LogP contribution in [0.25, 0.3) is 0 Å². The second kappa shape index (κ2) is 5.93. The van der Waals surface area contributed by atoms with E-state index in [9.17, 15) is 0 Å². The molecule has 2 fully saturated rings. The van der Waals surface area contributed by atoms with Gasteiger partial charge in [0.25, 0.3) is 0 Å². The van der Waals surface area contributed by atoms with Crippen LogP contribution in [-0.4, -0.2) is 56.1 Å². The highest BCUT2D eigenvalue weighted by Crippen LogP contribution is 2.24. The van der Waals surface area contributed by atoms with Crippen LogP contribution in [-0.2, 0) is 6.54 Å². The first-order chi connectivity index (χ1) is 9.33. The third-order valence-corrected chi connectivity index (χ3v) is 4.43. The van der Waals surface area contributed by atoms with Crippen molar-refractivity contribution in [3.63, 3.8) is 0 Å². The molecule has 0 aromatic heterocycles. The van der Waals surface area contributed by atoms with Crippen molar-refractivity contribution in [1.29, 1.82) is 0 Å². The zero-order valence-corrected chi connectivity index (χ0v) is 12.0. The quantitative estimate of drug-likeness (QED) is 0.822. The van der Waals surface area contributed by atoms with E-state index in [0.29, 0.717) is 0 Å². The van der Waals surface area contributed by atoms with Gasteiger partial charge in [-0.05, 0) is 44.6 Å². The van der Waals surface area contributed by atoms with Crippen LogP contribution < -0.4 is 4.90 Å². The molecule has 2 heterocycles. The summed E-state index contributed by atoms with van der Waals surface area (Å²) in [6.07, 6.45) is 2.74. The monoisotopic (exact) mass is 259 g/mol. The molecule has 0 saturated carbocycles. The number of hydrogen-bond acceptors (Lipinski definition) is 3. The van der Waals surface area contributed by atoms with Crippen LogP contribution in [0.2, 0.25) is 0 Å². The Morgan fingerprint density at radius 2 is 1.58 bits per heavy atom. The largest absolute Gasteiger partial charge is 0.369 e. The number of nitrogens with zero attached hydrogens (tertiary/aromatic N) is 3. The molecule has 2 aliphatic rings. The van der Waals surface area contributed by atoms with E-state index in [2.05, 4.69) is 46.0 Å². The minimum atomic E-state index is 1.13. The summed E-state index contributed by atoms with van der Waals surface area (Å²) >= 11 is 0.